The van der Waals surface area contributed by atoms with Crippen LogP contribution < -0.4 is 10.6 Å². The van der Waals surface area contributed by atoms with E-state index in [0.717, 1.165) is 24.8 Å². The van der Waals surface area contributed by atoms with Crippen LogP contribution in [0.25, 0.3) is 0 Å². The molecule has 2 N–H and O–H groups in total. The van der Waals surface area contributed by atoms with Gasteiger partial charge >= 0.3 is 0 Å². The third-order valence-corrected chi connectivity index (χ3v) is 4.02. The number of nitrogens with one attached hydrogen (secondary N) is 2. The van der Waals surface area contributed by atoms with Crippen LogP contribution in [0.2, 0.25) is 0 Å². The Hall–Kier alpha value is -1.42. The number of benzene rings is 1. The van der Waals surface area contributed by atoms with Crippen molar-refractivity contribution in [2.24, 2.45) is 5.92 Å². The number of hydrogen-bond acceptors (Lipinski definition) is 2. The van der Waals surface area contributed by atoms with E-state index < -0.39 is 0 Å². The van der Waals surface area contributed by atoms with E-state index in [-0.39, 0.29) is 23.7 Å². The average Bonchev–Trinajstić information content (AvgIpc) is 2.96. The summed E-state index contributed by atoms with van der Waals surface area (Å²) in [5.74, 6) is -0.437. The lowest BCUT2D eigenvalue weighted by Crippen LogP contribution is -2.33. The van der Waals surface area contributed by atoms with Gasteiger partial charge in [-0.3, -0.25) is 4.79 Å². The van der Waals surface area contributed by atoms with Crippen LogP contribution in [0.4, 0.5) is 10.1 Å². The fourth-order valence-electron chi connectivity index (χ4n) is 3.07. The van der Waals surface area contributed by atoms with Gasteiger partial charge in [0.15, 0.2) is 0 Å². The fraction of sp³-hybridized carbons (Fsp3) is 0.500. The van der Waals surface area contributed by atoms with Crippen molar-refractivity contribution in [2.75, 3.05) is 5.32 Å². The predicted molar refractivity (Wildman–Crippen MR) is 67.8 cm³/mol. The van der Waals surface area contributed by atoms with Gasteiger partial charge in [-0.25, -0.2) is 4.39 Å². The maximum Gasteiger partial charge on any atom is 0.229 e. The first-order valence-electron chi connectivity index (χ1n) is 6.46. The minimum Gasteiger partial charge on any atom is -0.323 e. The summed E-state index contributed by atoms with van der Waals surface area (Å²) in [4.78, 5) is 12.2. The zero-order valence-corrected chi connectivity index (χ0v) is 10.4. The molecule has 0 aliphatic carbocycles. The zero-order chi connectivity index (χ0) is 12.7. The number of aryl methyl sites for hydroxylation is 1. The molecule has 3 rings (SSSR count). The van der Waals surface area contributed by atoms with Crippen molar-refractivity contribution in [1.82, 2.24) is 5.32 Å². The Morgan fingerprint density at radius 2 is 2.28 bits per heavy atom. The molecule has 2 heterocycles. The molecule has 2 aliphatic rings. The third kappa shape index (κ3) is 2.01. The molecule has 0 radical (unpaired) electrons. The molecule has 1 amide bonds. The maximum atomic E-state index is 13.6. The van der Waals surface area contributed by atoms with Gasteiger partial charge in [0.25, 0.3) is 0 Å². The molecular weight excluding hydrogens is 231 g/mol. The molecule has 18 heavy (non-hydrogen) atoms. The lowest BCUT2D eigenvalue weighted by Gasteiger charge is -2.19. The summed E-state index contributed by atoms with van der Waals surface area (Å²) in [6.07, 6.45) is 3.09. The van der Waals surface area contributed by atoms with E-state index in [1.807, 2.05) is 6.92 Å². The minimum absolute atomic E-state index is 0.0105. The molecule has 2 bridgehead atoms. The van der Waals surface area contributed by atoms with E-state index in [0.29, 0.717) is 11.7 Å². The number of hydrogen-bond donors (Lipinski definition) is 2. The summed E-state index contributed by atoms with van der Waals surface area (Å²) in [7, 11) is 0. The van der Waals surface area contributed by atoms with Crippen LogP contribution >= 0.6 is 0 Å². The standard InChI is InChI=1S/C14H17FN2O/c1-8-2-4-11(15)13(6-8)17-14(18)10-7-9-3-5-12(10)16-9/h2,4,6,9-10,12,16H,3,5,7H2,1H3,(H,17,18). The van der Waals surface area contributed by atoms with Crippen LogP contribution in [0, 0.1) is 18.7 Å². The van der Waals surface area contributed by atoms with Crippen molar-refractivity contribution in [1.29, 1.82) is 0 Å². The van der Waals surface area contributed by atoms with Crippen molar-refractivity contribution < 1.29 is 9.18 Å². The molecule has 4 heteroatoms. The summed E-state index contributed by atoms with van der Waals surface area (Å²) in [6.45, 7) is 1.88. The van der Waals surface area contributed by atoms with E-state index in [4.69, 9.17) is 0 Å². The molecule has 0 saturated carbocycles. The van der Waals surface area contributed by atoms with Crippen LogP contribution in [0.1, 0.15) is 24.8 Å². The molecule has 0 spiro atoms. The highest BCUT2D eigenvalue weighted by molar-refractivity contribution is 5.93. The molecule has 3 atom stereocenters. The highest BCUT2D eigenvalue weighted by Gasteiger charge is 2.42. The van der Waals surface area contributed by atoms with E-state index in [2.05, 4.69) is 10.6 Å². The number of carbonyl (C=O) groups excluding carboxylic acids is 1. The van der Waals surface area contributed by atoms with Gasteiger partial charge in [-0.15, -0.1) is 0 Å². The van der Waals surface area contributed by atoms with E-state index >= 15 is 0 Å². The Labute approximate surface area is 106 Å². The Morgan fingerprint density at radius 3 is 2.94 bits per heavy atom. The van der Waals surface area contributed by atoms with Crippen molar-refractivity contribution in [3.05, 3.63) is 29.6 Å². The fourth-order valence-corrected chi connectivity index (χ4v) is 3.07. The number of halogens is 1. The number of rotatable bonds is 2. The van der Waals surface area contributed by atoms with Crippen LogP contribution in [-0.4, -0.2) is 18.0 Å². The summed E-state index contributed by atoms with van der Waals surface area (Å²) in [5, 5.41) is 6.14. The highest BCUT2D eigenvalue weighted by atomic mass is 19.1. The Kier molecular flexibility index (Phi) is 2.82. The largest absolute Gasteiger partial charge is 0.323 e. The van der Waals surface area contributed by atoms with Gasteiger partial charge in [0, 0.05) is 12.1 Å². The van der Waals surface area contributed by atoms with Crippen molar-refractivity contribution in [2.45, 2.75) is 38.3 Å². The van der Waals surface area contributed by atoms with Gasteiger partial charge in [-0.1, -0.05) is 6.07 Å². The summed E-state index contributed by atoms with van der Waals surface area (Å²) in [6, 6.07) is 5.53. The Morgan fingerprint density at radius 1 is 1.44 bits per heavy atom. The van der Waals surface area contributed by atoms with Gasteiger partial charge in [-0.2, -0.15) is 0 Å². The van der Waals surface area contributed by atoms with Gasteiger partial charge in [0.2, 0.25) is 5.91 Å². The second-order valence-electron chi connectivity index (χ2n) is 5.36. The Balaban J connectivity index is 1.72. The van der Waals surface area contributed by atoms with E-state index in [1.54, 1.807) is 12.1 Å². The predicted octanol–water partition coefficient (Wildman–Crippen LogP) is 2.21. The molecule has 96 valence electrons. The van der Waals surface area contributed by atoms with Crippen LogP contribution in [0.3, 0.4) is 0 Å². The van der Waals surface area contributed by atoms with Crippen LogP contribution in [-0.2, 0) is 4.79 Å². The number of fused-ring (bicyclic) bond motifs is 2. The minimum atomic E-state index is -0.370. The normalized spacial score (nSPS) is 29.6. The molecule has 3 unspecified atom stereocenters. The van der Waals surface area contributed by atoms with Crippen molar-refractivity contribution >= 4 is 11.6 Å². The van der Waals surface area contributed by atoms with Crippen molar-refractivity contribution in [3.8, 4) is 0 Å². The lowest BCUT2D eigenvalue weighted by molar-refractivity contribution is -0.120. The third-order valence-electron chi connectivity index (χ3n) is 4.02. The summed E-state index contributed by atoms with van der Waals surface area (Å²) < 4.78 is 13.6. The SMILES string of the molecule is Cc1ccc(F)c(NC(=O)C2CC3CCC2N3)c1. The lowest BCUT2D eigenvalue weighted by atomic mass is 9.88. The zero-order valence-electron chi connectivity index (χ0n) is 10.4. The second kappa shape index (κ2) is 4.35. The van der Waals surface area contributed by atoms with Gasteiger partial charge in [-0.05, 0) is 43.9 Å². The molecule has 2 fully saturated rings. The number of carbonyl (C=O) groups is 1. The first-order chi connectivity index (χ1) is 8.63. The smallest absolute Gasteiger partial charge is 0.229 e. The summed E-state index contributed by atoms with van der Waals surface area (Å²) >= 11 is 0. The van der Waals surface area contributed by atoms with Gasteiger partial charge in [0.1, 0.15) is 5.82 Å². The first kappa shape index (κ1) is 11.7. The van der Waals surface area contributed by atoms with Crippen molar-refractivity contribution in [3.63, 3.8) is 0 Å². The molecule has 2 saturated heterocycles. The molecule has 1 aromatic rings. The van der Waals surface area contributed by atoms with Gasteiger partial charge in [0.05, 0.1) is 11.6 Å². The number of amides is 1. The summed E-state index contributed by atoms with van der Waals surface area (Å²) in [5.41, 5.74) is 1.24. The topological polar surface area (TPSA) is 41.1 Å². The quantitative estimate of drug-likeness (QED) is 0.842. The maximum absolute atomic E-state index is 13.6. The van der Waals surface area contributed by atoms with E-state index in [1.165, 1.54) is 6.07 Å². The van der Waals surface area contributed by atoms with Gasteiger partial charge < -0.3 is 10.6 Å². The number of anilines is 1. The first-order valence-corrected chi connectivity index (χ1v) is 6.46. The van der Waals surface area contributed by atoms with E-state index in [9.17, 15) is 9.18 Å². The molecule has 2 aliphatic heterocycles. The average molecular weight is 248 g/mol. The van der Waals surface area contributed by atoms with Crippen LogP contribution in [0.5, 0.6) is 0 Å². The molecule has 0 aromatic heterocycles. The van der Waals surface area contributed by atoms with Crippen LogP contribution in [0.15, 0.2) is 18.2 Å². The molecule has 1 aromatic carbocycles. The highest BCUT2D eigenvalue weighted by Crippen LogP contribution is 2.34. The molecular formula is C14H17FN2O. The molecule has 3 nitrogen and oxygen atoms in total. The Bertz CT molecular complexity index is 489. The monoisotopic (exact) mass is 248 g/mol. The second-order valence-corrected chi connectivity index (χ2v) is 5.36.